The number of carbonyl (C=O) groups excluding carboxylic acids is 2. The van der Waals surface area contributed by atoms with Crippen LogP contribution < -0.4 is 5.32 Å². The van der Waals surface area contributed by atoms with Crippen LogP contribution in [0.25, 0.3) is 0 Å². The van der Waals surface area contributed by atoms with Crippen LogP contribution in [-0.4, -0.2) is 24.7 Å². The second-order valence-corrected chi connectivity index (χ2v) is 4.93. The van der Waals surface area contributed by atoms with Gasteiger partial charge in [0.25, 0.3) is 0 Å². The number of rotatable bonds is 2. The maximum atomic E-state index is 11.3. The van der Waals surface area contributed by atoms with Crippen molar-refractivity contribution in [1.29, 1.82) is 0 Å². The standard InChI is InChI=1S/C11H10ClNO3S/c1-16-11(15)10(12)6-2-3-8-7(4-6)13-9(14)5-17-8/h2-4,10H,5H2,1H3,(H,13,14). The van der Waals surface area contributed by atoms with E-state index in [1.54, 1.807) is 12.1 Å². The molecule has 1 amide bonds. The molecule has 0 spiro atoms. The van der Waals surface area contributed by atoms with Gasteiger partial charge < -0.3 is 10.1 Å². The fourth-order valence-corrected chi connectivity index (χ4v) is 2.51. The molecule has 1 aliphatic rings. The van der Waals surface area contributed by atoms with Gasteiger partial charge in [-0.25, -0.2) is 0 Å². The monoisotopic (exact) mass is 271 g/mol. The highest BCUT2D eigenvalue weighted by atomic mass is 35.5. The molecule has 0 radical (unpaired) electrons. The Bertz CT molecular complexity index is 478. The van der Waals surface area contributed by atoms with Gasteiger partial charge in [0.05, 0.1) is 18.6 Å². The average molecular weight is 272 g/mol. The zero-order valence-corrected chi connectivity index (χ0v) is 10.6. The molecule has 4 nitrogen and oxygen atoms in total. The summed E-state index contributed by atoms with van der Waals surface area (Å²) < 4.78 is 4.57. The SMILES string of the molecule is COC(=O)C(Cl)c1ccc2c(c1)NC(=O)CS2. The number of carbonyl (C=O) groups is 2. The zero-order chi connectivity index (χ0) is 12.4. The first kappa shape index (κ1) is 12.3. The van der Waals surface area contributed by atoms with Crippen LogP contribution in [0.3, 0.4) is 0 Å². The number of ether oxygens (including phenoxy) is 1. The number of anilines is 1. The Morgan fingerprint density at radius 3 is 3.06 bits per heavy atom. The van der Waals surface area contributed by atoms with Crippen molar-refractivity contribution in [3.8, 4) is 0 Å². The van der Waals surface area contributed by atoms with E-state index in [-0.39, 0.29) is 5.91 Å². The molecule has 1 aromatic rings. The van der Waals surface area contributed by atoms with Gasteiger partial charge in [-0.15, -0.1) is 23.4 Å². The molecule has 0 fully saturated rings. The van der Waals surface area contributed by atoms with Crippen molar-refractivity contribution < 1.29 is 14.3 Å². The molecule has 17 heavy (non-hydrogen) atoms. The quantitative estimate of drug-likeness (QED) is 0.662. The van der Waals surface area contributed by atoms with Crippen LogP contribution in [0, 0.1) is 0 Å². The topological polar surface area (TPSA) is 55.4 Å². The Labute approximate surface area is 108 Å². The van der Waals surface area contributed by atoms with Crippen LogP contribution in [0.1, 0.15) is 10.9 Å². The van der Waals surface area contributed by atoms with Crippen molar-refractivity contribution in [1.82, 2.24) is 0 Å². The molecule has 90 valence electrons. The second kappa shape index (κ2) is 4.98. The molecule has 1 heterocycles. The predicted molar refractivity (Wildman–Crippen MR) is 66.4 cm³/mol. The lowest BCUT2D eigenvalue weighted by Gasteiger charge is -2.18. The minimum atomic E-state index is -0.853. The van der Waals surface area contributed by atoms with Crippen LogP contribution >= 0.6 is 23.4 Å². The molecule has 1 aromatic carbocycles. The first-order valence-corrected chi connectivity index (χ1v) is 6.32. The number of alkyl halides is 1. The van der Waals surface area contributed by atoms with Crippen LogP contribution in [0.4, 0.5) is 5.69 Å². The number of methoxy groups -OCH3 is 1. The van der Waals surface area contributed by atoms with Crippen molar-refractivity contribution >= 4 is 40.9 Å². The number of nitrogens with one attached hydrogen (secondary N) is 1. The highest BCUT2D eigenvalue weighted by Gasteiger charge is 2.21. The highest BCUT2D eigenvalue weighted by molar-refractivity contribution is 8.00. The summed E-state index contributed by atoms with van der Waals surface area (Å²) in [6.07, 6.45) is 0. The smallest absolute Gasteiger partial charge is 0.328 e. The van der Waals surface area contributed by atoms with E-state index in [0.29, 0.717) is 17.0 Å². The summed E-state index contributed by atoms with van der Waals surface area (Å²) in [5, 5.41) is 1.89. The van der Waals surface area contributed by atoms with E-state index < -0.39 is 11.3 Å². The van der Waals surface area contributed by atoms with Gasteiger partial charge in [-0.05, 0) is 17.7 Å². The number of esters is 1. The van der Waals surface area contributed by atoms with Crippen molar-refractivity contribution in [2.24, 2.45) is 0 Å². The maximum absolute atomic E-state index is 11.3. The number of hydrogen-bond donors (Lipinski definition) is 1. The van der Waals surface area contributed by atoms with Crippen molar-refractivity contribution in [3.05, 3.63) is 23.8 Å². The molecule has 1 unspecified atom stereocenters. The van der Waals surface area contributed by atoms with Gasteiger partial charge in [-0.2, -0.15) is 0 Å². The number of benzene rings is 1. The van der Waals surface area contributed by atoms with Crippen LogP contribution in [0.5, 0.6) is 0 Å². The van der Waals surface area contributed by atoms with Crippen LogP contribution in [-0.2, 0) is 14.3 Å². The van der Waals surface area contributed by atoms with Crippen molar-refractivity contribution in [3.63, 3.8) is 0 Å². The molecule has 0 bridgehead atoms. The number of fused-ring (bicyclic) bond motifs is 1. The third-order valence-corrected chi connectivity index (χ3v) is 3.84. The molecule has 0 aromatic heterocycles. The van der Waals surface area contributed by atoms with Crippen LogP contribution in [0.2, 0.25) is 0 Å². The van der Waals surface area contributed by atoms with Crippen molar-refractivity contribution in [2.75, 3.05) is 18.2 Å². The van der Waals surface area contributed by atoms with E-state index in [9.17, 15) is 9.59 Å². The Balaban J connectivity index is 2.29. The lowest BCUT2D eigenvalue weighted by atomic mass is 10.1. The van der Waals surface area contributed by atoms with Crippen LogP contribution in [0.15, 0.2) is 23.1 Å². The number of halogens is 1. The summed E-state index contributed by atoms with van der Waals surface area (Å²) in [6.45, 7) is 0. The summed E-state index contributed by atoms with van der Waals surface area (Å²) in [6, 6.07) is 5.30. The molecule has 0 saturated heterocycles. The van der Waals surface area contributed by atoms with Gasteiger partial charge >= 0.3 is 5.97 Å². The summed E-state index contributed by atoms with van der Waals surface area (Å²) in [5.41, 5.74) is 1.30. The van der Waals surface area contributed by atoms with Crippen molar-refractivity contribution in [2.45, 2.75) is 10.3 Å². The van der Waals surface area contributed by atoms with E-state index >= 15 is 0 Å². The molecular weight excluding hydrogens is 262 g/mol. The molecule has 2 rings (SSSR count). The molecule has 6 heteroatoms. The highest BCUT2D eigenvalue weighted by Crippen LogP contribution is 2.34. The average Bonchev–Trinajstić information content (AvgIpc) is 2.36. The van der Waals surface area contributed by atoms with Gasteiger partial charge in [0.15, 0.2) is 5.38 Å². The third-order valence-electron chi connectivity index (χ3n) is 2.34. The Kier molecular flexibility index (Phi) is 3.59. The minimum Gasteiger partial charge on any atom is -0.468 e. The van der Waals surface area contributed by atoms with Gasteiger partial charge in [-0.3, -0.25) is 9.59 Å². The fraction of sp³-hybridized carbons (Fsp3) is 0.273. The van der Waals surface area contributed by atoms with Gasteiger partial charge in [0.1, 0.15) is 0 Å². The molecular formula is C11H10ClNO3S. The Hall–Kier alpha value is -1.20. The fourth-order valence-electron chi connectivity index (χ4n) is 1.50. The lowest BCUT2D eigenvalue weighted by molar-refractivity contribution is -0.140. The lowest BCUT2D eigenvalue weighted by Crippen LogP contribution is -2.19. The summed E-state index contributed by atoms with van der Waals surface area (Å²) in [7, 11) is 1.29. The Morgan fingerprint density at radius 1 is 1.59 bits per heavy atom. The van der Waals surface area contributed by atoms with E-state index in [1.807, 2.05) is 6.07 Å². The molecule has 0 saturated carbocycles. The number of amides is 1. The third kappa shape index (κ3) is 2.56. The zero-order valence-electron chi connectivity index (χ0n) is 9.03. The van der Waals surface area contributed by atoms with E-state index in [1.165, 1.54) is 18.9 Å². The second-order valence-electron chi connectivity index (χ2n) is 3.48. The normalized spacial score (nSPS) is 15.8. The molecule has 1 atom stereocenters. The van der Waals surface area contributed by atoms with E-state index in [4.69, 9.17) is 11.6 Å². The minimum absolute atomic E-state index is 0.0520. The first-order chi connectivity index (χ1) is 8.11. The summed E-state index contributed by atoms with van der Waals surface area (Å²) in [4.78, 5) is 23.5. The predicted octanol–water partition coefficient (Wildman–Crippen LogP) is 2.18. The van der Waals surface area contributed by atoms with Gasteiger partial charge in [-0.1, -0.05) is 6.07 Å². The number of thioether (sulfide) groups is 1. The largest absolute Gasteiger partial charge is 0.468 e. The first-order valence-electron chi connectivity index (χ1n) is 4.90. The van der Waals surface area contributed by atoms with E-state index in [2.05, 4.69) is 10.1 Å². The van der Waals surface area contributed by atoms with E-state index in [0.717, 1.165) is 4.90 Å². The summed E-state index contributed by atoms with van der Waals surface area (Å²) >= 11 is 7.40. The van der Waals surface area contributed by atoms with Gasteiger partial charge in [0.2, 0.25) is 5.91 Å². The molecule has 0 aliphatic carbocycles. The molecule has 1 aliphatic heterocycles. The number of hydrogen-bond acceptors (Lipinski definition) is 4. The summed E-state index contributed by atoms with van der Waals surface area (Å²) in [5.74, 6) is -0.154. The Morgan fingerprint density at radius 2 is 2.35 bits per heavy atom. The maximum Gasteiger partial charge on any atom is 0.328 e. The molecule has 1 N–H and O–H groups in total. The van der Waals surface area contributed by atoms with Gasteiger partial charge in [0, 0.05) is 4.90 Å².